The molecular weight excluding hydrogens is 208 g/mol. The van der Waals surface area contributed by atoms with E-state index in [1.807, 2.05) is 0 Å². The minimum absolute atomic E-state index is 0.202. The predicted octanol–water partition coefficient (Wildman–Crippen LogP) is 2.94. The van der Waals surface area contributed by atoms with Crippen LogP contribution >= 0.6 is 0 Å². The van der Waals surface area contributed by atoms with Gasteiger partial charge in [0.2, 0.25) is 0 Å². The highest BCUT2D eigenvalue weighted by Crippen LogP contribution is 2.29. The zero-order valence-electron chi connectivity index (χ0n) is 8.94. The van der Waals surface area contributed by atoms with Crippen molar-refractivity contribution in [3.63, 3.8) is 0 Å². The number of hydrogen-bond acceptors (Lipinski definition) is 4. The molecule has 4 heteroatoms. The first kappa shape index (κ1) is 10.4. The number of furan rings is 2. The zero-order valence-corrected chi connectivity index (χ0v) is 8.94. The van der Waals surface area contributed by atoms with Gasteiger partial charge in [-0.2, -0.15) is 0 Å². The summed E-state index contributed by atoms with van der Waals surface area (Å²) in [5.41, 5.74) is 0.571. The Hall–Kier alpha value is -2.10. The van der Waals surface area contributed by atoms with Crippen LogP contribution in [0.15, 0.2) is 33.5 Å². The van der Waals surface area contributed by atoms with Gasteiger partial charge in [-0.05, 0) is 26.0 Å². The maximum absolute atomic E-state index is 11.5. The SMILES string of the molecule is CC(=O)c1coc(-c2ccco2)c1C(C)=O. The molecule has 0 aliphatic heterocycles. The quantitative estimate of drug-likeness (QED) is 0.743. The van der Waals surface area contributed by atoms with Crippen LogP contribution in [0, 0.1) is 0 Å². The summed E-state index contributed by atoms with van der Waals surface area (Å²) in [4.78, 5) is 22.8. The van der Waals surface area contributed by atoms with Gasteiger partial charge < -0.3 is 8.83 Å². The molecule has 0 aliphatic rings. The van der Waals surface area contributed by atoms with Gasteiger partial charge in [0.05, 0.1) is 17.4 Å². The van der Waals surface area contributed by atoms with Crippen molar-refractivity contribution in [2.24, 2.45) is 0 Å². The highest BCUT2D eigenvalue weighted by molar-refractivity contribution is 6.10. The summed E-state index contributed by atoms with van der Waals surface area (Å²) < 4.78 is 10.4. The molecule has 2 aromatic rings. The van der Waals surface area contributed by atoms with Crippen molar-refractivity contribution in [1.29, 1.82) is 0 Å². The van der Waals surface area contributed by atoms with Gasteiger partial charge in [0, 0.05) is 0 Å². The molecule has 0 radical (unpaired) electrons. The van der Waals surface area contributed by atoms with Gasteiger partial charge in [-0.25, -0.2) is 0 Å². The first-order chi connectivity index (χ1) is 7.61. The van der Waals surface area contributed by atoms with Crippen LogP contribution in [0.4, 0.5) is 0 Å². The Labute approximate surface area is 91.9 Å². The number of carbonyl (C=O) groups excluding carboxylic acids is 2. The lowest BCUT2D eigenvalue weighted by molar-refractivity contribution is 0.0982. The molecule has 0 N–H and O–H groups in total. The van der Waals surface area contributed by atoms with Crippen LogP contribution in [0.3, 0.4) is 0 Å². The molecule has 0 aromatic carbocycles. The largest absolute Gasteiger partial charge is 0.461 e. The predicted molar refractivity (Wildman–Crippen MR) is 56.4 cm³/mol. The zero-order chi connectivity index (χ0) is 11.7. The van der Waals surface area contributed by atoms with Crippen LogP contribution in [0.5, 0.6) is 0 Å². The highest BCUT2D eigenvalue weighted by Gasteiger charge is 2.22. The van der Waals surface area contributed by atoms with Crippen LogP contribution < -0.4 is 0 Å². The molecule has 0 atom stereocenters. The van der Waals surface area contributed by atoms with E-state index >= 15 is 0 Å². The summed E-state index contributed by atoms with van der Waals surface area (Å²) in [5.74, 6) is 0.331. The van der Waals surface area contributed by atoms with E-state index in [1.165, 1.54) is 26.4 Å². The van der Waals surface area contributed by atoms with Gasteiger partial charge >= 0.3 is 0 Å². The van der Waals surface area contributed by atoms with Crippen molar-refractivity contribution in [3.05, 3.63) is 35.8 Å². The second kappa shape index (κ2) is 3.81. The van der Waals surface area contributed by atoms with Gasteiger partial charge in [0.15, 0.2) is 23.1 Å². The van der Waals surface area contributed by atoms with E-state index in [1.54, 1.807) is 12.1 Å². The molecule has 0 bridgehead atoms. The fourth-order valence-corrected chi connectivity index (χ4v) is 1.56. The Morgan fingerprint density at radius 2 is 1.88 bits per heavy atom. The summed E-state index contributed by atoms with van der Waals surface area (Å²) in [6, 6.07) is 3.37. The molecule has 0 saturated heterocycles. The van der Waals surface area contributed by atoms with Crippen LogP contribution in [-0.2, 0) is 0 Å². The van der Waals surface area contributed by atoms with Crippen LogP contribution in [0.1, 0.15) is 34.6 Å². The normalized spacial score (nSPS) is 10.4. The van der Waals surface area contributed by atoms with E-state index in [4.69, 9.17) is 8.83 Å². The highest BCUT2D eigenvalue weighted by atomic mass is 16.4. The van der Waals surface area contributed by atoms with E-state index in [0.717, 1.165) is 0 Å². The second-order valence-electron chi connectivity index (χ2n) is 3.44. The van der Waals surface area contributed by atoms with Crippen LogP contribution in [-0.4, -0.2) is 11.6 Å². The summed E-state index contributed by atoms with van der Waals surface area (Å²) in [6.07, 6.45) is 2.77. The number of Topliss-reactive ketones (excluding diaryl/α,β-unsaturated/α-hetero) is 2. The maximum Gasteiger partial charge on any atom is 0.180 e. The lowest BCUT2D eigenvalue weighted by Gasteiger charge is -1.97. The van der Waals surface area contributed by atoms with E-state index < -0.39 is 0 Å². The molecule has 0 aliphatic carbocycles. The molecule has 82 valence electrons. The molecule has 2 heterocycles. The number of hydrogen-bond donors (Lipinski definition) is 0. The third-order valence-corrected chi connectivity index (χ3v) is 2.27. The number of ketones is 2. The van der Waals surface area contributed by atoms with Crippen molar-refractivity contribution in [2.45, 2.75) is 13.8 Å². The Bertz CT molecular complexity index is 531. The van der Waals surface area contributed by atoms with Crippen LogP contribution in [0.25, 0.3) is 11.5 Å². The molecular formula is C12H10O4. The maximum atomic E-state index is 11.5. The van der Waals surface area contributed by atoms with E-state index in [-0.39, 0.29) is 17.1 Å². The molecule has 4 nitrogen and oxygen atoms in total. The molecule has 2 rings (SSSR count). The first-order valence-corrected chi connectivity index (χ1v) is 4.78. The summed E-state index contributed by atoms with van der Waals surface area (Å²) in [5, 5.41) is 0. The molecule has 0 amide bonds. The van der Waals surface area contributed by atoms with Crippen molar-refractivity contribution in [3.8, 4) is 11.5 Å². The monoisotopic (exact) mass is 218 g/mol. The van der Waals surface area contributed by atoms with Crippen molar-refractivity contribution in [1.82, 2.24) is 0 Å². The lowest BCUT2D eigenvalue weighted by Crippen LogP contribution is -2.01. The summed E-state index contributed by atoms with van der Waals surface area (Å²) in [6.45, 7) is 2.78. The summed E-state index contributed by atoms with van der Waals surface area (Å²) in [7, 11) is 0. The third kappa shape index (κ3) is 1.58. The third-order valence-electron chi connectivity index (χ3n) is 2.27. The lowest BCUT2D eigenvalue weighted by atomic mass is 10.0. The average molecular weight is 218 g/mol. The molecule has 0 spiro atoms. The summed E-state index contributed by atoms with van der Waals surface area (Å²) >= 11 is 0. The van der Waals surface area contributed by atoms with Crippen LogP contribution in [0.2, 0.25) is 0 Å². The minimum atomic E-state index is -0.217. The smallest absolute Gasteiger partial charge is 0.180 e. The fraction of sp³-hybridized carbons (Fsp3) is 0.167. The molecule has 16 heavy (non-hydrogen) atoms. The van der Waals surface area contributed by atoms with Gasteiger partial charge in [-0.1, -0.05) is 0 Å². The van der Waals surface area contributed by atoms with Gasteiger partial charge in [0.1, 0.15) is 6.26 Å². The second-order valence-corrected chi connectivity index (χ2v) is 3.44. The Morgan fingerprint density at radius 3 is 2.38 bits per heavy atom. The molecule has 2 aromatic heterocycles. The van der Waals surface area contributed by atoms with E-state index in [9.17, 15) is 9.59 Å². The van der Waals surface area contributed by atoms with E-state index in [2.05, 4.69) is 0 Å². The average Bonchev–Trinajstić information content (AvgIpc) is 2.85. The molecule has 0 unspecified atom stereocenters. The first-order valence-electron chi connectivity index (χ1n) is 4.78. The standard InChI is InChI=1S/C12H10O4/c1-7(13)9-6-16-12(11(9)8(2)14)10-4-3-5-15-10/h3-6H,1-2H3. The molecule has 0 fully saturated rings. The molecule has 0 saturated carbocycles. The van der Waals surface area contributed by atoms with Crippen molar-refractivity contribution >= 4 is 11.6 Å². The van der Waals surface area contributed by atoms with Gasteiger partial charge in [0.25, 0.3) is 0 Å². The minimum Gasteiger partial charge on any atom is -0.461 e. The Kier molecular flexibility index (Phi) is 2.48. The van der Waals surface area contributed by atoms with Crippen molar-refractivity contribution in [2.75, 3.05) is 0 Å². The fourth-order valence-electron chi connectivity index (χ4n) is 1.56. The Morgan fingerprint density at radius 1 is 1.12 bits per heavy atom. The Balaban J connectivity index is 2.64. The van der Waals surface area contributed by atoms with E-state index in [0.29, 0.717) is 17.1 Å². The number of rotatable bonds is 3. The van der Waals surface area contributed by atoms with Crippen molar-refractivity contribution < 1.29 is 18.4 Å². The van der Waals surface area contributed by atoms with Gasteiger partial charge in [-0.3, -0.25) is 9.59 Å². The van der Waals surface area contributed by atoms with Gasteiger partial charge in [-0.15, -0.1) is 0 Å². The topological polar surface area (TPSA) is 60.4 Å². The number of carbonyl (C=O) groups is 2.